The van der Waals surface area contributed by atoms with E-state index >= 15 is 0 Å². The number of rotatable bonds is 4. The number of nitrogens with zero attached hydrogens (tertiary/aromatic N) is 2. The summed E-state index contributed by atoms with van der Waals surface area (Å²) in [5.74, 6) is -0.261. The van der Waals surface area contributed by atoms with Gasteiger partial charge in [0.25, 0.3) is 0 Å². The monoisotopic (exact) mass is 273 g/mol. The average Bonchev–Trinajstić information content (AvgIpc) is 2.38. The van der Waals surface area contributed by atoms with E-state index in [0.717, 1.165) is 22.6 Å². The van der Waals surface area contributed by atoms with E-state index in [2.05, 4.69) is 4.98 Å². The van der Waals surface area contributed by atoms with Crippen molar-refractivity contribution in [3.8, 4) is 0 Å². The Labute approximate surface area is 119 Å². The third-order valence-electron chi connectivity index (χ3n) is 3.24. The molecule has 4 heteroatoms. The van der Waals surface area contributed by atoms with Crippen LogP contribution in [0.4, 0.5) is 10.1 Å². The van der Waals surface area contributed by atoms with Crippen LogP contribution in [0.2, 0.25) is 0 Å². The van der Waals surface area contributed by atoms with Crippen molar-refractivity contribution in [2.45, 2.75) is 26.4 Å². The van der Waals surface area contributed by atoms with Crippen molar-refractivity contribution in [2.24, 2.45) is 5.73 Å². The van der Waals surface area contributed by atoms with Gasteiger partial charge in [-0.1, -0.05) is 6.07 Å². The van der Waals surface area contributed by atoms with Crippen molar-refractivity contribution >= 4 is 5.69 Å². The Bertz CT molecular complexity index is 596. The maximum Gasteiger partial charge on any atom is 0.123 e. The zero-order valence-electron chi connectivity index (χ0n) is 12.1. The standard InChI is InChI=1S/C16H20FN3/c1-11-5-4-6-14(19-11)10-20(3)16-8-7-13(17)9-15(16)12(2)18/h4-9,12H,10,18H2,1-3H3/t12-/m1/s1. The summed E-state index contributed by atoms with van der Waals surface area (Å²) in [5.41, 5.74) is 9.64. The van der Waals surface area contributed by atoms with E-state index < -0.39 is 0 Å². The molecule has 2 rings (SSSR count). The van der Waals surface area contributed by atoms with E-state index in [1.807, 2.05) is 44.0 Å². The molecule has 106 valence electrons. The highest BCUT2D eigenvalue weighted by Gasteiger charge is 2.12. The number of nitrogens with two attached hydrogens (primary N) is 1. The largest absolute Gasteiger partial charge is 0.368 e. The fraction of sp³-hybridized carbons (Fsp3) is 0.312. The maximum absolute atomic E-state index is 13.4. The van der Waals surface area contributed by atoms with Crippen LogP contribution < -0.4 is 10.6 Å². The van der Waals surface area contributed by atoms with Crippen LogP contribution in [-0.2, 0) is 6.54 Å². The summed E-state index contributed by atoms with van der Waals surface area (Å²) in [7, 11) is 1.96. The number of halogens is 1. The van der Waals surface area contributed by atoms with E-state index in [-0.39, 0.29) is 11.9 Å². The van der Waals surface area contributed by atoms with Gasteiger partial charge in [0.15, 0.2) is 0 Å². The van der Waals surface area contributed by atoms with Gasteiger partial charge in [0.1, 0.15) is 5.82 Å². The van der Waals surface area contributed by atoms with E-state index in [1.165, 1.54) is 12.1 Å². The molecular formula is C16H20FN3. The maximum atomic E-state index is 13.4. The van der Waals surface area contributed by atoms with Gasteiger partial charge in [-0.25, -0.2) is 4.39 Å². The molecule has 0 aliphatic heterocycles. The second kappa shape index (κ2) is 6.01. The molecular weight excluding hydrogens is 253 g/mol. The summed E-state index contributed by atoms with van der Waals surface area (Å²) in [5, 5.41) is 0. The molecule has 0 bridgehead atoms. The third kappa shape index (κ3) is 3.33. The van der Waals surface area contributed by atoms with Crippen molar-refractivity contribution in [1.82, 2.24) is 4.98 Å². The minimum absolute atomic E-state index is 0.214. The summed E-state index contributed by atoms with van der Waals surface area (Å²) < 4.78 is 13.4. The molecule has 0 aliphatic rings. The van der Waals surface area contributed by atoms with Gasteiger partial charge in [0, 0.05) is 24.5 Å². The average molecular weight is 273 g/mol. The molecule has 20 heavy (non-hydrogen) atoms. The quantitative estimate of drug-likeness (QED) is 0.930. The Morgan fingerprint density at radius 2 is 2.05 bits per heavy atom. The van der Waals surface area contributed by atoms with Gasteiger partial charge in [0.05, 0.1) is 12.2 Å². The smallest absolute Gasteiger partial charge is 0.123 e. The summed E-state index contributed by atoms with van der Waals surface area (Å²) in [6.07, 6.45) is 0. The lowest BCUT2D eigenvalue weighted by Crippen LogP contribution is -2.21. The second-order valence-corrected chi connectivity index (χ2v) is 5.12. The van der Waals surface area contributed by atoms with Crippen molar-refractivity contribution in [3.63, 3.8) is 0 Å². The van der Waals surface area contributed by atoms with Gasteiger partial charge < -0.3 is 10.6 Å². The van der Waals surface area contributed by atoms with Crippen LogP contribution in [0.25, 0.3) is 0 Å². The van der Waals surface area contributed by atoms with Gasteiger partial charge >= 0.3 is 0 Å². The molecule has 2 aromatic rings. The fourth-order valence-electron chi connectivity index (χ4n) is 2.25. The Morgan fingerprint density at radius 1 is 1.30 bits per heavy atom. The van der Waals surface area contributed by atoms with Gasteiger partial charge in [-0.2, -0.15) is 0 Å². The molecule has 2 N–H and O–H groups in total. The van der Waals surface area contributed by atoms with Crippen LogP contribution in [0.5, 0.6) is 0 Å². The minimum Gasteiger partial charge on any atom is -0.368 e. The first-order valence-corrected chi connectivity index (χ1v) is 6.66. The number of aryl methyl sites for hydroxylation is 1. The van der Waals surface area contributed by atoms with E-state index in [9.17, 15) is 4.39 Å². The summed E-state index contributed by atoms with van der Waals surface area (Å²) in [4.78, 5) is 6.53. The van der Waals surface area contributed by atoms with Crippen molar-refractivity contribution < 1.29 is 4.39 Å². The molecule has 0 fully saturated rings. The Hall–Kier alpha value is -1.94. The first-order chi connectivity index (χ1) is 9.47. The van der Waals surface area contributed by atoms with Crippen LogP contribution in [-0.4, -0.2) is 12.0 Å². The highest BCUT2D eigenvalue weighted by Crippen LogP contribution is 2.26. The highest BCUT2D eigenvalue weighted by atomic mass is 19.1. The molecule has 0 spiro atoms. The lowest BCUT2D eigenvalue weighted by molar-refractivity contribution is 0.621. The molecule has 1 aromatic carbocycles. The van der Waals surface area contributed by atoms with Gasteiger partial charge in [-0.15, -0.1) is 0 Å². The predicted octanol–water partition coefficient (Wildman–Crippen LogP) is 3.19. The molecule has 0 unspecified atom stereocenters. The molecule has 0 saturated heterocycles. The Kier molecular flexibility index (Phi) is 4.35. The number of hydrogen-bond donors (Lipinski definition) is 1. The number of benzene rings is 1. The van der Waals surface area contributed by atoms with Crippen molar-refractivity contribution in [1.29, 1.82) is 0 Å². The lowest BCUT2D eigenvalue weighted by Gasteiger charge is -2.24. The molecule has 0 saturated carbocycles. The summed E-state index contributed by atoms with van der Waals surface area (Å²) in [6.45, 7) is 4.48. The SMILES string of the molecule is Cc1cccc(CN(C)c2ccc(F)cc2[C@@H](C)N)n1. The molecule has 1 heterocycles. The van der Waals surface area contributed by atoms with Crippen LogP contribution in [0, 0.1) is 12.7 Å². The highest BCUT2D eigenvalue weighted by molar-refractivity contribution is 5.54. The first-order valence-electron chi connectivity index (χ1n) is 6.66. The van der Waals surface area contributed by atoms with Crippen LogP contribution in [0.1, 0.15) is 29.9 Å². The molecule has 0 radical (unpaired) electrons. The summed E-state index contributed by atoms with van der Waals surface area (Å²) >= 11 is 0. The lowest BCUT2D eigenvalue weighted by atomic mass is 10.1. The van der Waals surface area contributed by atoms with Crippen molar-refractivity contribution in [3.05, 3.63) is 59.2 Å². The molecule has 1 aromatic heterocycles. The topological polar surface area (TPSA) is 42.1 Å². The normalized spacial score (nSPS) is 12.2. The summed E-state index contributed by atoms with van der Waals surface area (Å²) in [6, 6.07) is 10.5. The van der Waals surface area contributed by atoms with E-state index in [1.54, 1.807) is 6.07 Å². The second-order valence-electron chi connectivity index (χ2n) is 5.12. The predicted molar refractivity (Wildman–Crippen MR) is 80.1 cm³/mol. The van der Waals surface area contributed by atoms with E-state index in [4.69, 9.17) is 5.73 Å². The third-order valence-corrected chi connectivity index (χ3v) is 3.24. The van der Waals surface area contributed by atoms with Crippen LogP contribution >= 0.6 is 0 Å². The number of aromatic nitrogens is 1. The van der Waals surface area contributed by atoms with Gasteiger partial charge in [0.2, 0.25) is 0 Å². The zero-order chi connectivity index (χ0) is 14.7. The minimum atomic E-state index is -0.261. The van der Waals surface area contributed by atoms with Crippen LogP contribution in [0.3, 0.4) is 0 Å². The first kappa shape index (κ1) is 14.5. The van der Waals surface area contributed by atoms with Gasteiger partial charge in [-0.05, 0) is 49.7 Å². The molecule has 3 nitrogen and oxygen atoms in total. The fourth-order valence-corrected chi connectivity index (χ4v) is 2.25. The van der Waals surface area contributed by atoms with Gasteiger partial charge in [-0.3, -0.25) is 4.98 Å². The Balaban J connectivity index is 2.27. The number of anilines is 1. The molecule has 0 amide bonds. The zero-order valence-corrected chi connectivity index (χ0v) is 12.1. The number of pyridine rings is 1. The van der Waals surface area contributed by atoms with E-state index in [0.29, 0.717) is 6.54 Å². The van der Waals surface area contributed by atoms with Crippen molar-refractivity contribution in [2.75, 3.05) is 11.9 Å². The molecule has 0 aliphatic carbocycles. The molecule has 1 atom stereocenters. The van der Waals surface area contributed by atoms with Crippen LogP contribution in [0.15, 0.2) is 36.4 Å². The number of hydrogen-bond acceptors (Lipinski definition) is 3. The Morgan fingerprint density at radius 3 is 2.70 bits per heavy atom.